The zero-order chi connectivity index (χ0) is 11.5. The van der Waals surface area contributed by atoms with Crippen molar-refractivity contribution >= 4 is 11.6 Å². The number of amides is 1. The Kier molecular flexibility index (Phi) is 2.51. The first-order chi connectivity index (χ1) is 7.70. The monoisotopic (exact) mass is 214 g/mol. The molecule has 1 amide bonds. The van der Waals surface area contributed by atoms with Crippen LogP contribution < -0.4 is 11.5 Å². The molecule has 16 heavy (non-hydrogen) atoms. The van der Waals surface area contributed by atoms with Gasteiger partial charge in [0.25, 0.3) is 0 Å². The molecule has 1 aromatic heterocycles. The Morgan fingerprint density at radius 1 is 1.25 bits per heavy atom. The number of anilines is 1. The molecular formula is C11H10N4O. The highest BCUT2D eigenvalue weighted by Gasteiger charge is 2.13. The number of carbonyl (C=O) groups is 1. The SMILES string of the molecule is NC(=O)c1cccc(N)c1-c1ccncn1. The lowest BCUT2D eigenvalue weighted by atomic mass is 10.0. The van der Waals surface area contributed by atoms with Crippen LogP contribution in [0.15, 0.2) is 36.8 Å². The van der Waals surface area contributed by atoms with Crippen LogP contribution in [0.3, 0.4) is 0 Å². The van der Waals surface area contributed by atoms with Gasteiger partial charge in [0.2, 0.25) is 5.91 Å². The minimum absolute atomic E-state index is 0.360. The molecule has 4 N–H and O–H groups in total. The summed E-state index contributed by atoms with van der Waals surface area (Å²) in [7, 11) is 0. The average Bonchev–Trinajstić information content (AvgIpc) is 2.29. The molecule has 5 nitrogen and oxygen atoms in total. The van der Waals surface area contributed by atoms with Crippen molar-refractivity contribution in [3.05, 3.63) is 42.4 Å². The number of nitrogens with zero attached hydrogens (tertiary/aromatic N) is 2. The van der Waals surface area contributed by atoms with Gasteiger partial charge in [0.05, 0.1) is 11.3 Å². The van der Waals surface area contributed by atoms with Crippen LogP contribution >= 0.6 is 0 Å². The summed E-state index contributed by atoms with van der Waals surface area (Å²) in [5.41, 5.74) is 13.1. The highest BCUT2D eigenvalue weighted by Crippen LogP contribution is 2.27. The topological polar surface area (TPSA) is 94.9 Å². The Morgan fingerprint density at radius 2 is 2.06 bits per heavy atom. The maximum absolute atomic E-state index is 11.3. The van der Waals surface area contributed by atoms with Gasteiger partial charge in [-0.15, -0.1) is 0 Å². The van der Waals surface area contributed by atoms with E-state index in [2.05, 4.69) is 9.97 Å². The van der Waals surface area contributed by atoms with Gasteiger partial charge in [0, 0.05) is 17.4 Å². The molecule has 1 aromatic carbocycles. The van der Waals surface area contributed by atoms with E-state index in [1.807, 2.05) is 0 Å². The molecule has 5 heteroatoms. The van der Waals surface area contributed by atoms with Crippen LogP contribution in [0.1, 0.15) is 10.4 Å². The maximum atomic E-state index is 11.3. The van der Waals surface area contributed by atoms with E-state index in [1.54, 1.807) is 30.5 Å². The van der Waals surface area contributed by atoms with Gasteiger partial charge in [-0.3, -0.25) is 4.79 Å². The second-order valence-corrected chi connectivity index (χ2v) is 3.23. The summed E-state index contributed by atoms with van der Waals surface area (Å²) in [4.78, 5) is 19.1. The molecule has 0 bridgehead atoms. The lowest BCUT2D eigenvalue weighted by Crippen LogP contribution is -2.13. The first kappa shape index (κ1) is 10.1. The average molecular weight is 214 g/mol. The molecule has 0 saturated heterocycles. The molecule has 2 rings (SSSR count). The van der Waals surface area contributed by atoms with Crippen LogP contribution in [0.5, 0.6) is 0 Å². The summed E-state index contributed by atoms with van der Waals surface area (Å²) in [6.07, 6.45) is 2.98. The summed E-state index contributed by atoms with van der Waals surface area (Å²) < 4.78 is 0. The van der Waals surface area contributed by atoms with Crippen molar-refractivity contribution in [3.8, 4) is 11.3 Å². The van der Waals surface area contributed by atoms with Crippen molar-refractivity contribution in [1.29, 1.82) is 0 Å². The molecule has 0 radical (unpaired) electrons. The van der Waals surface area contributed by atoms with E-state index in [0.717, 1.165) is 0 Å². The third-order valence-electron chi connectivity index (χ3n) is 2.20. The fourth-order valence-electron chi connectivity index (χ4n) is 1.50. The zero-order valence-corrected chi connectivity index (χ0v) is 8.42. The van der Waals surface area contributed by atoms with E-state index in [1.165, 1.54) is 6.33 Å². The van der Waals surface area contributed by atoms with Crippen LogP contribution in [0.4, 0.5) is 5.69 Å². The summed E-state index contributed by atoms with van der Waals surface area (Å²) >= 11 is 0. The van der Waals surface area contributed by atoms with Gasteiger partial charge in [-0.25, -0.2) is 9.97 Å². The summed E-state index contributed by atoms with van der Waals surface area (Å²) in [5, 5.41) is 0. The van der Waals surface area contributed by atoms with E-state index >= 15 is 0 Å². The summed E-state index contributed by atoms with van der Waals surface area (Å²) in [6, 6.07) is 6.68. The van der Waals surface area contributed by atoms with Crippen LogP contribution in [0, 0.1) is 0 Å². The lowest BCUT2D eigenvalue weighted by Gasteiger charge is -2.08. The summed E-state index contributed by atoms with van der Waals surface area (Å²) in [5.74, 6) is -0.527. The highest BCUT2D eigenvalue weighted by molar-refractivity contribution is 6.02. The van der Waals surface area contributed by atoms with Gasteiger partial charge in [0.15, 0.2) is 0 Å². The highest BCUT2D eigenvalue weighted by atomic mass is 16.1. The number of rotatable bonds is 2. The van der Waals surface area contributed by atoms with Crippen molar-refractivity contribution in [2.75, 3.05) is 5.73 Å². The molecule has 0 saturated carbocycles. The second kappa shape index (κ2) is 3.98. The third kappa shape index (κ3) is 1.70. The maximum Gasteiger partial charge on any atom is 0.249 e. The number of nitrogens with two attached hydrogens (primary N) is 2. The number of hydrogen-bond acceptors (Lipinski definition) is 4. The van der Waals surface area contributed by atoms with Gasteiger partial charge < -0.3 is 11.5 Å². The number of hydrogen-bond donors (Lipinski definition) is 2. The number of aromatic nitrogens is 2. The molecule has 0 unspecified atom stereocenters. The zero-order valence-electron chi connectivity index (χ0n) is 8.42. The Labute approximate surface area is 92.1 Å². The first-order valence-electron chi connectivity index (χ1n) is 4.65. The minimum atomic E-state index is -0.527. The standard InChI is InChI=1S/C11H10N4O/c12-8-3-1-2-7(11(13)16)10(8)9-4-5-14-6-15-9/h1-6H,12H2,(H2,13,16). The van der Waals surface area contributed by atoms with Crippen LogP contribution in [-0.2, 0) is 0 Å². The van der Waals surface area contributed by atoms with E-state index < -0.39 is 5.91 Å². The smallest absolute Gasteiger partial charge is 0.249 e. The molecule has 0 aliphatic carbocycles. The fourth-order valence-corrected chi connectivity index (χ4v) is 1.50. The summed E-state index contributed by atoms with van der Waals surface area (Å²) in [6.45, 7) is 0. The lowest BCUT2D eigenvalue weighted by molar-refractivity contribution is 0.100. The molecule has 80 valence electrons. The van der Waals surface area contributed by atoms with Gasteiger partial charge in [-0.1, -0.05) is 6.07 Å². The Balaban J connectivity index is 2.68. The van der Waals surface area contributed by atoms with Gasteiger partial charge in [0.1, 0.15) is 6.33 Å². The van der Waals surface area contributed by atoms with E-state index in [9.17, 15) is 4.79 Å². The van der Waals surface area contributed by atoms with Crippen molar-refractivity contribution < 1.29 is 4.79 Å². The molecule has 0 fully saturated rings. The third-order valence-corrected chi connectivity index (χ3v) is 2.20. The van der Waals surface area contributed by atoms with Gasteiger partial charge in [-0.05, 0) is 18.2 Å². The molecule has 0 aliphatic rings. The second-order valence-electron chi connectivity index (χ2n) is 3.23. The number of nitrogen functional groups attached to an aromatic ring is 1. The number of carbonyl (C=O) groups excluding carboxylic acids is 1. The van der Waals surface area contributed by atoms with Crippen LogP contribution in [-0.4, -0.2) is 15.9 Å². The Hall–Kier alpha value is -2.43. The number of benzene rings is 1. The van der Waals surface area contributed by atoms with Crippen molar-refractivity contribution in [3.63, 3.8) is 0 Å². The molecule has 0 spiro atoms. The fraction of sp³-hybridized carbons (Fsp3) is 0. The number of primary amides is 1. The molecule has 2 aromatic rings. The van der Waals surface area contributed by atoms with Crippen molar-refractivity contribution in [2.45, 2.75) is 0 Å². The predicted molar refractivity (Wildman–Crippen MR) is 60.4 cm³/mol. The normalized spacial score (nSPS) is 10.0. The molecule has 0 aliphatic heterocycles. The molecule has 1 heterocycles. The quantitative estimate of drug-likeness (QED) is 0.723. The van der Waals surface area contributed by atoms with E-state index in [0.29, 0.717) is 22.5 Å². The molecule has 0 atom stereocenters. The van der Waals surface area contributed by atoms with Crippen molar-refractivity contribution in [1.82, 2.24) is 9.97 Å². The van der Waals surface area contributed by atoms with Crippen molar-refractivity contribution in [2.24, 2.45) is 5.73 Å². The molecular weight excluding hydrogens is 204 g/mol. The largest absolute Gasteiger partial charge is 0.398 e. The first-order valence-corrected chi connectivity index (χ1v) is 4.65. The van der Waals surface area contributed by atoms with Crippen LogP contribution in [0.2, 0.25) is 0 Å². The van der Waals surface area contributed by atoms with E-state index in [4.69, 9.17) is 11.5 Å². The Bertz CT molecular complexity index is 525. The van der Waals surface area contributed by atoms with Crippen LogP contribution in [0.25, 0.3) is 11.3 Å². The minimum Gasteiger partial charge on any atom is -0.398 e. The van der Waals surface area contributed by atoms with E-state index in [-0.39, 0.29) is 0 Å². The van der Waals surface area contributed by atoms with Gasteiger partial charge in [-0.2, -0.15) is 0 Å². The predicted octanol–water partition coefficient (Wildman–Crippen LogP) is 0.825. The Morgan fingerprint density at radius 3 is 2.69 bits per heavy atom. The van der Waals surface area contributed by atoms with Gasteiger partial charge >= 0.3 is 0 Å².